The minimum Gasteiger partial charge on any atom is -0.349 e. The van der Waals surface area contributed by atoms with Gasteiger partial charge in [0.15, 0.2) is 0 Å². The van der Waals surface area contributed by atoms with Crippen LogP contribution >= 0.6 is 27.5 Å². The fourth-order valence-electron chi connectivity index (χ4n) is 2.53. The summed E-state index contributed by atoms with van der Waals surface area (Å²) < 4.78 is 4.95. The van der Waals surface area contributed by atoms with Crippen molar-refractivity contribution < 1.29 is 4.79 Å². The van der Waals surface area contributed by atoms with Gasteiger partial charge in [0.25, 0.3) is 5.91 Å². The molecule has 1 aromatic heterocycles. The summed E-state index contributed by atoms with van der Waals surface area (Å²) in [5.74, 6) is -0.117. The van der Waals surface area contributed by atoms with Crippen LogP contribution in [0.1, 0.15) is 28.6 Å². The third-order valence-electron chi connectivity index (χ3n) is 3.90. The molecule has 1 amide bonds. The number of rotatable bonds is 6. The Morgan fingerprint density at radius 1 is 1.16 bits per heavy atom. The fourth-order valence-corrected chi connectivity index (χ4v) is 3.38. The van der Waals surface area contributed by atoms with Crippen molar-refractivity contribution in [3.05, 3.63) is 69.5 Å². The predicted molar refractivity (Wildman–Crippen MR) is 105 cm³/mol. The van der Waals surface area contributed by atoms with Gasteiger partial charge in [-0.05, 0) is 49.0 Å². The van der Waals surface area contributed by atoms with Crippen LogP contribution in [0.15, 0.2) is 59.1 Å². The van der Waals surface area contributed by atoms with E-state index in [0.29, 0.717) is 10.6 Å². The van der Waals surface area contributed by atoms with Gasteiger partial charge in [0.2, 0.25) is 0 Å². The number of amides is 1. The molecule has 1 atom stereocenters. The Morgan fingerprint density at radius 3 is 2.60 bits per heavy atom. The van der Waals surface area contributed by atoms with E-state index in [0.717, 1.165) is 34.4 Å². The van der Waals surface area contributed by atoms with Gasteiger partial charge in [-0.2, -0.15) is 0 Å². The van der Waals surface area contributed by atoms with Crippen LogP contribution in [0.3, 0.4) is 0 Å². The topological polar surface area (TPSA) is 54.9 Å². The number of nitrogens with zero attached hydrogens (tertiary/aromatic N) is 2. The third kappa shape index (κ3) is 4.74. The van der Waals surface area contributed by atoms with Crippen LogP contribution < -0.4 is 5.32 Å². The van der Waals surface area contributed by atoms with Crippen molar-refractivity contribution >= 4 is 33.4 Å². The van der Waals surface area contributed by atoms with E-state index in [1.54, 1.807) is 0 Å². The van der Waals surface area contributed by atoms with Crippen molar-refractivity contribution in [3.63, 3.8) is 0 Å². The van der Waals surface area contributed by atoms with E-state index in [4.69, 9.17) is 0 Å². The molecule has 0 spiro atoms. The van der Waals surface area contributed by atoms with Crippen molar-refractivity contribution in [2.24, 2.45) is 0 Å². The second-order valence-corrected chi connectivity index (χ2v) is 7.53. The molecule has 6 heteroatoms. The van der Waals surface area contributed by atoms with Gasteiger partial charge in [0.05, 0.1) is 0 Å². The zero-order chi connectivity index (χ0) is 17.6. The van der Waals surface area contributed by atoms with Gasteiger partial charge in [0, 0.05) is 16.1 Å². The molecular weight excluding hydrogens is 398 g/mol. The van der Waals surface area contributed by atoms with Crippen molar-refractivity contribution in [1.82, 2.24) is 14.9 Å². The fraction of sp³-hybridized carbons (Fsp3) is 0.211. The highest BCUT2D eigenvalue weighted by Gasteiger charge is 2.19. The molecule has 1 N–H and O–H groups in total. The Morgan fingerprint density at radius 2 is 1.88 bits per heavy atom. The molecule has 0 saturated heterocycles. The molecule has 2 aromatic carbocycles. The van der Waals surface area contributed by atoms with Gasteiger partial charge in [-0.25, -0.2) is 0 Å². The van der Waals surface area contributed by atoms with E-state index in [2.05, 4.69) is 43.0 Å². The molecule has 128 valence electrons. The number of hydrogen-bond donors (Lipinski definition) is 1. The molecule has 0 aliphatic carbocycles. The Labute approximate surface area is 159 Å². The second-order valence-electron chi connectivity index (χ2n) is 5.86. The maximum absolute atomic E-state index is 12.6. The summed E-state index contributed by atoms with van der Waals surface area (Å²) in [6.07, 6.45) is 1.82. The SMILES string of the molecule is CC(CCc1ccccc1)NC(=O)c1snnc1-c1ccc(Br)cc1. The Bertz CT molecular complexity index is 833. The Balaban J connectivity index is 1.63. The minimum atomic E-state index is -0.117. The van der Waals surface area contributed by atoms with Gasteiger partial charge in [0.1, 0.15) is 10.6 Å². The molecule has 3 aromatic rings. The highest BCUT2D eigenvalue weighted by Crippen LogP contribution is 2.25. The lowest BCUT2D eigenvalue weighted by Gasteiger charge is -2.13. The van der Waals surface area contributed by atoms with E-state index >= 15 is 0 Å². The van der Waals surface area contributed by atoms with E-state index in [1.807, 2.05) is 49.4 Å². The molecule has 0 bridgehead atoms. The first-order chi connectivity index (χ1) is 12.1. The summed E-state index contributed by atoms with van der Waals surface area (Å²) in [5, 5.41) is 7.19. The molecule has 1 unspecified atom stereocenters. The quantitative estimate of drug-likeness (QED) is 0.633. The summed E-state index contributed by atoms with van der Waals surface area (Å²) in [6.45, 7) is 2.02. The average molecular weight is 416 g/mol. The summed E-state index contributed by atoms with van der Waals surface area (Å²) in [4.78, 5) is 13.1. The van der Waals surface area contributed by atoms with E-state index in [1.165, 1.54) is 5.56 Å². The van der Waals surface area contributed by atoms with Gasteiger partial charge in [-0.15, -0.1) is 5.10 Å². The van der Waals surface area contributed by atoms with Gasteiger partial charge in [-0.3, -0.25) is 4.79 Å². The molecule has 0 aliphatic heterocycles. The lowest BCUT2D eigenvalue weighted by Crippen LogP contribution is -2.32. The van der Waals surface area contributed by atoms with Crippen molar-refractivity contribution in [3.8, 4) is 11.3 Å². The summed E-state index contributed by atoms with van der Waals surface area (Å²) >= 11 is 4.54. The Hall–Kier alpha value is -2.05. The molecule has 1 heterocycles. The molecule has 0 fully saturated rings. The van der Waals surface area contributed by atoms with Crippen molar-refractivity contribution in [2.45, 2.75) is 25.8 Å². The number of aryl methyl sites for hydroxylation is 1. The second kappa shape index (κ2) is 8.36. The lowest BCUT2D eigenvalue weighted by molar-refractivity contribution is 0.0943. The zero-order valence-corrected chi connectivity index (χ0v) is 16.2. The molecule has 0 aliphatic rings. The number of nitrogens with one attached hydrogen (secondary N) is 1. The summed E-state index contributed by atoms with van der Waals surface area (Å²) in [6, 6.07) is 18.1. The van der Waals surface area contributed by atoms with Gasteiger partial charge < -0.3 is 5.32 Å². The van der Waals surface area contributed by atoms with Crippen LogP contribution in [0.5, 0.6) is 0 Å². The summed E-state index contributed by atoms with van der Waals surface area (Å²) in [5.41, 5.74) is 2.79. The number of hydrogen-bond acceptors (Lipinski definition) is 4. The molecule has 25 heavy (non-hydrogen) atoms. The molecule has 0 saturated carbocycles. The molecular formula is C19H18BrN3OS. The largest absolute Gasteiger partial charge is 0.349 e. The average Bonchev–Trinajstić information content (AvgIpc) is 3.11. The van der Waals surface area contributed by atoms with Crippen molar-refractivity contribution in [1.29, 1.82) is 0 Å². The van der Waals surface area contributed by atoms with Crippen LogP contribution in [0.2, 0.25) is 0 Å². The summed E-state index contributed by atoms with van der Waals surface area (Å²) in [7, 11) is 0. The number of halogens is 1. The van der Waals surface area contributed by atoms with E-state index in [9.17, 15) is 4.79 Å². The third-order valence-corrected chi connectivity index (χ3v) is 5.15. The van der Waals surface area contributed by atoms with Crippen LogP contribution in [-0.4, -0.2) is 21.5 Å². The van der Waals surface area contributed by atoms with Crippen LogP contribution in [0.4, 0.5) is 0 Å². The van der Waals surface area contributed by atoms with Crippen LogP contribution in [0.25, 0.3) is 11.3 Å². The van der Waals surface area contributed by atoms with Gasteiger partial charge >= 0.3 is 0 Å². The predicted octanol–water partition coefficient (Wildman–Crippen LogP) is 4.72. The monoisotopic (exact) mass is 415 g/mol. The van der Waals surface area contributed by atoms with Crippen molar-refractivity contribution in [2.75, 3.05) is 0 Å². The first-order valence-corrected chi connectivity index (χ1v) is 9.63. The number of aromatic nitrogens is 2. The van der Waals surface area contributed by atoms with Gasteiger partial charge in [-0.1, -0.05) is 62.9 Å². The van der Waals surface area contributed by atoms with Crippen LogP contribution in [0, 0.1) is 0 Å². The number of benzene rings is 2. The molecule has 3 rings (SSSR count). The first-order valence-electron chi connectivity index (χ1n) is 8.06. The lowest BCUT2D eigenvalue weighted by atomic mass is 10.1. The maximum Gasteiger partial charge on any atom is 0.265 e. The number of carbonyl (C=O) groups excluding carboxylic acids is 1. The van der Waals surface area contributed by atoms with E-state index in [-0.39, 0.29) is 11.9 Å². The highest BCUT2D eigenvalue weighted by molar-refractivity contribution is 9.10. The molecule has 4 nitrogen and oxygen atoms in total. The maximum atomic E-state index is 12.6. The normalized spacial score (nSPS) is 11.9. The van der Waals surface area contributed by atoms with E-state index < -0.39 is 0 Å². The first kappa shape index (κ1) is 17.8. The molecule has 0 radical (unpaired) electrons. The standard InChI is InChI=1S/C19H18BrN3OS/c1-13(7-8-14-5-3-2-4-6-14)21-19(24)18-17(22-23-25-18)15-9-11-16(20)12-10-15/h2-6,9-13H,7-8H2,1H3,(H,21,24). The smallest absolute Gasteiger partial charge is 0.265 e. The van der Waals surface area contributed by atoms with Crippen LogP contribution in [-0.2, 0) is 6.42 Å². The highest BCUT2D eigenvalue weighted by atomic mass is 79.9. The zero-order valence-electron chi connectivity index (χ0n) is 13.8. The minimum absolute atomic E-state index is 0.0765. The Kier molecular flexibility index (Phi) is 5.94. The number of carbonyl (C=O) groups is 1.